The summed E-state index contributed by atoms with van der Waals surface area (Å²) in [5.74, 6) is 1.82. The summed E-state index contributed by atoms with van der Waals surface area (Å²) in [6.07, 6.45) is 3.72. The second kappa shape index (κ2) is 6.53. The van der Waals surface area contributed by atoms with Crippen molar-refractivity contribution in [3.05, 3.63) is 51.9 Å². The average Bonchev–Trinajstić information content (AvgIpc) is 2.93. The van der Waals surface area contributed by atoms with Gasteiger partial charge in [-0.25, -0.2) is 4.98 Å². The smallest absolute Gasteiger partial charge is 0.276 e. The molecule has 114 valence electrons. The SMILES string of the molecule is CSCc1nnc(SCc2cc(=O)n3ccc(C)cc3n2)o1. The van der Waals surface area contributed by atoms with E-state index in [1.54, 1.807) is 18.0 Å². The van der Waals surface area contributed by atoms with Gasteiger partial charge in [0.25, 0.3) is 10.8 Å². The minimum Gasteiger partial charge on any atom is -0.415 e. The summed E-state index contributed by atoms with van der Waals surface area (Å²) in [6.45, 7) is 1.97. The van der Waals surface area contributed by atoms with E-state index in [2.05, 4.69) is 15.2 Å². The molecular formula is C14H14N4O2S2. The van der Waals surface area contributed by atoms with Crippen molar-refractivity contribution >= 4 is 29.2 Å². The van der Waals surface area contributed by atoms with Crippen LogP contribution < -0.4 is 5.56 Å². The Morgan fingerprint density at radius 1 is 1.27 bits per heavy atom. The van der Waals surface area contributed by atoms with Crippen LogP contribution >= 0.6 is 23.5 Å². The highest BCUT2D eigenvalue weighted by molar-refractivity contribution is 7.98. The zero-order chi connectivity index (χ0) is 15.5. The molecule has 0 saturated heterocycles. The highest BCUT2D eigenvalue weighted by atomic mass is 32.2. The zero-order valence-corrected chi connectivity index (χ0v) is 13.8. The molecule has 0 unspecified atom stereocenters. The van der Waals surface area contributed by atoms with Gasteiger partial charge in [-0.05, 0) is 30.9 Å². The Kier molecular flexibility index (Phi) is 4.49. The number of aryl methyl sites for hydroxylation is 1. The van der Waals surface area contributed by atoms with Crippen LogP contribution in [0.3, 0.4) is 0 Å². The van der Waals surface area contributed by atoms with Crippen molar-refractivity contribution < 1.29 is 4.42 Å². The van der Waals surface area contributed by atoms with Crippen LogP contribution in [0.25, 0.3) is 5.65 Å². The van der Waals surface area contributed by atoms with Crippen molar-refractivity contribution in [2.75, 3.05) is 6.26 Å². The van der Waals surface area contributed by atoms with Gasteiger partial charge in [-0.15, -0.1) is 10.2 Å². The fourth-order valence-corrected chi connectivity index (χ4v) is 2.98. The lowest BCUT2D eigenvalue weighted by Crippen LogP contribution is -2.15. The molecule has 3 aromatic rings. The number of fused-ring (bicyclic) bond motifs is 1. The van der Waals surface area contributed by atoms with Crippen LogP contribution in [-0.2, 0) is 11.5 Å². The number of nitrogens with zero attached hydrogens (tertiary/aromatic N) is 4. The summed E-state index contributed by atoms with van der Waals surface area (Å²) < 4.78 is 7.02. The van der Waals surface area contributed by atoms with Crippen molar-refractivity contribution in [2.24, 2.45) is 0 Å². The first-order chi connectivity index (χ1) is 10.7. The second-order valence-corrected chi connectivity index (χ2v) is 6.49. The van der Waals surface area contributed by atoms with Crippen LogP contribution in [0.1, 0.15) is 17.1 Å². The van der Waals surface area contributed by atoms with Gasteiger partial charge in [-0.3, -0.25) is 9.20 Å². The van der Waals surface area contributed by atoms with E-state index < -0.39 is 0 Å². The van der Waals surface area contributed by atoms with Crippen molar-refractivity contribution in [3.8, 4) is 0 Å². The van der Waals surface area contributed by atoms with E-state index in [-0.39, 0.29) is 5.56 Å². The number of hydrogen-bond acceptors (Lipinski definition) is 7. The molecular weight excluding hydrogens is 320 g/mol. The van der Waals surface area contributed by atoms with E-state index >= 15 is 0 Å². The summed E-state index contributed by atoms with van der Waals surface area (Å²) in [5, 5.41) is 8.42. The minimum atomic E-state index is -0.0887. The third-order valence-corrected chi connectivity index (χ3v) is 4.32. The predicted octanol–water partition coefficient (Wildman–Crippen LogP) is 2.54. The molecule has 0 fully saturated rings. The number of aromatic nitrogens is 4. The van der Waals surface area contributed by atoms with Crippen molar-refractivity contribution in [2.45, 2.75) is 23.7 Å². The van der Waals surface area contributed by atoms with Gasteiger partial charge in [-0.1, -0.05) is 11.8 Å². The number of pyridine rings is 1. The quantitative estimate of drug-likeness (QED) is 0.664. The summed E-state index contributed by atoms with van der Waals surface area (Å²) in [5.41, 5.74) is 2.33. The van der Waals surface area contributed by atoms with E-state index in [4.69, 9.17) is 4.42 Å². The molecule has 22 heavy (non-hydrogen) atoms. The van der Waals surface area contributed by atoms with Gasteiger partial charge < -0.3 is 4.42 Å². The molecule has 0 aliphatic rings. The van der Waals surface area contributed by atoms with Crippen LogP contribution in [-0.4, -0.2) is 25.8 Å². The third-order valence-electron chi connectivity index (χ3n) is 2.94. The molecule has 0 atom stereocenters. The van der Waals surface area contributed by atoms with Crippen molar-refractivity contribution in [1.82, 2.24) is 19.6 Å². The van der Waals surface area contributed by atoms with E-state index in [9.17, 15) is 4.79 Å². The molecule has 3 rings (SSSR count). The molecule has 3 aromatic heterocycles. The lowest BCUT2D eigenvalue weighted by Gasteiger charge is -2.03. The minimum absolute atomic E-state index is 0.0887. The third kappa shape index (κ3) is 3.33. The number of thioether (sulfide) groups is 2. The van der Waals surface area contributed by atoms with Crippen molar-refractivity contribution in [1.29, 1.82) is 0 Å². The maximum absolute atomic E-state index is 12.1. The largest absolute Gasteiger partial charge is 0.415 e. The maximum Gasteiger partial charge on any atom is 0.276 e. The van der Waals surface area contributed by atoms with Crippen LogP contribution in [0.2, 0.25) is 0 Å². The Morgan fingerprint density at radius 2 is 2.14 bits per heavy atom. The first-order valence-corrected chi connectivity index (χ1v) is 8.97. The lowest BCUT2D eigenvalue weighted by molar-refractivity contribution is 0.426. The Morgan fingerprint density at radius 3 is 2.95 bits per heavy atom. The number of rotatable bonds is 5. The van der Waals surface area contributed by atoms with Gasteiger partial charge >= 0.3 is 0 Å². The maximum atomic E-state index is 12.1. The highest BCUT2D eigenvalue weighted by Gasteiger charge is 2.08. The summed E-state index contributed by atoms with van der Waals surface area (Å²) in [7, 11) is 0. The molecule has 0 aliphatic carbocycles. The van der Waals surface area contributed by atoms with Gasteiger partial charge in [-0.2, -0.15) is 11.8 Å². The zero-order valence-electron chi connectivity index (χ0n) is 12.1. The van der Waals surface area contributed by atoms with Gasteiger partial charge in [0.2, 0.25) is 5.89 Å². The molecule has 6 nitrogen and oxygen atoms in total. The van der Waals surface area contributed by atoms with E-state index in [1.165, 1.54) is 22.2 Å². The first-order valence-electron chi connectivity index (χ1n) is 6.59. The Bertz CT molecular complexity index is 859. The van der Waals surface area contributed by atoms with E-state index in [0.717, 1.165) is 5.56 Å². The van der Waals surface area contributed by atoms with E-state index in [1.807, 2.05) is 25.3 Å². The molecule has 0 bridgehead atoms. The fourth-order valence-electron chi connectivity index (χ4n) is 1.94. The second-order valence-electron chi connectivity index (χ2n) is 4.70. The normalized spacial score (nSPS) is 11.2. The topological polar surface area (TPSA) is 73.3 Å². The monoisotopic (exact) mass is 334 g/mol. The highest BCUT2D eigenvalue weighted by Crippen LogP contribution is 2.21. The van der Waals surface area contributed by atoms with Gasteiger partial charge in [0, 0.05) is 18.0 Å². The van der Waals surface area contributed by atoms with Gasteiger partial charge in [0.05, 0.1) is 11.4 Å². The van der Waals surface area contributed by atoms with Crippen molar-refractivity contribution in [3.63, 3.8) is 0 Å². The van der Waals surface area contributed by atoms with Gasteiger partial charge in [0.15, 0.2) is 0 Å². The summed E-state index contributed by atoms with van der Waals surface area (Å²) in [4.78, 5) is 16.6. The molecule has 3 heterocycles. The average molecular weight is 334 g/mol. The molecule has 8 heteroatoms. The van der Waals surface area contributed by atoms with Gasteiger partial charge in [0.1, 0.15) is 5.65 Å². The Labute approximate surface area is 135 Å². The number of hydrogen-bond donors (Lipinski definition) is 0. The van der Waals surface area contributed by atoms with E-state index in [0.29, 0.717) is 34.0 Å². The molecule has 0 saturated carbocycles. The van der Waals surface area contributed by atoms with Crippen LogP contribution in [0, 0.1) is 6.92 Å². The summed E-state index contributed by atoms with van der Waals surface area (Å²) >= 11 is 3.01. The predicted molar refractivity (Wildman–Crippen MR) is 87.3 cm³/mol. The van der Waals surface area contributed by atoms with Crippen LogP contribution in [0.5, 0.6) is 0 Å². The molecule has 0 radical (unpaired) electrons. The fraction of sp³-hybridized carbons (Fsp3) is 0.286. The lowest BCUT2D eigenvalue weighted by atomic mass is 10.3. The Balaban J connectivity index is 1.79. The summed E-state index contributed by atoms with van der Waals surface area (Å²) in [6, 6.07) is 5.31. The Hall–Kier alpha value is -1.80. The molecule has 0 N–H and O–H groups in total. The van der Waals surface area contributed by atoms with Crippen LogP contribution in [0.15, 0.2) is 38.8 Å². The standard InChI is InChI=1S/C14H14N4O2S2/c1-9-3-4-18-11(5-9)15-10(6-13(18)19)7-22-14-17-16-12(20-14)8-21-2/h3-6H,7-8H2,1-2H3. The molecule has 0 spiro atoms. The first kappa shape index (κ1) is 15.1. The molecule has 0 amide bonds. The molecule has 0 aromatic carbocycles. The molecule has 0 aliphatic heterocycles. The van der Waals surface area contributed by atoms with Crippen LogP contribution in [0.4, 0.5) is 0 Å².